The summed E-state index contributed by atoms with van der Waals surface area (Å²) in [5, 5.41) is 4.98. The maximum Gasteiger partial charge on any atom is 0.292 e. The maximum atomic E-state index is 12.8. The highest BCUT2D eigenvalue weighted by molar-refractivity contribution is 6.33. The molecule has 156 valence electrons. The molecule has 2 heterocycles. The van der Waals surface area contributed by atoms with Crippen molar-refractivity contribution >= 4 is 34.8 Å². The summed E-state index contributed by atoms with van der Waals surface area (Å²) in [5.74, 6) is 0.703. The molecule has 0 spiro atoms. The van der Waals surface area contributed by atoms with Crippen LogP contribution in [0.3, 0.4) is 0 Å². The van der Waals surface area contributed by atoms with Crippen LogP contribution in [0.2, 0.25) is 10.0 Å². The normalized spacial score (nSPS) is 14.6. The number of nitrogens with zero attached hydrogens (tertiary/aromatic N) is 4. The van der Waals surface area contributed by atoms with Crippen molar-refractivity contribution < 1.29 is 4.79 Å². The second-order valence-electron chi connectivity index (χ2n) is 7.79. The number of piperazine rings is 1. The topological polar surface area (TPSA) is 58.4 Å². The highest BCUT2D eigenvalue weighted by atomic mass is 35.5. The predicted molar refractivity (Wildman–Crippen MR) is 117 cm³/mol. The van der Waals surface area contributed by atoms with Gasteiger partial charge in [0.05, 0.1) is 17.6 Å². The summed E-state index contributed by atoms with van der Waals surface area (Å²) >= 11 is 12.6. The van der Waals surface area contributed by atoms with Crippen LogP contribution in [0.15, 0.2) is 29.2 Å². The third kappa shape index (κ3) is 4.93. The molecule has 1 aromatic heterocycles. The van der Waals surface area contributed by atoms with Gasteiger partial charge < -0.3 is 9.80 Å². The zero-order valence-electron chi connectivity index (χ0n) is 17.0. The Morgan fingerprint density at radius 1 is 1.17 bits per heavy atom. The van der Waals surface area contributed by atoms with Gasteiger partial charge in [0.15, 0.2) is 0 Å². The van der Waals surface area contributed by atoms with Crippen molar-refractivity contribution in [1.29, 1.82) is 0 Å². The average molecular weight is 437 g/mol. The van der Waals surface area contributed by atoms with E-state index < -0.39 is 0 Å². The van der Waals surface area contributed by atoms with Gasteiger partial charge in [-0.05, 0) is 37.0 Å². The minimum atomic E-state index is -0.389. The molecular weight excluding hydrogens is 411 g/mol. The number of carbonyl (C=O) groups is 1. The van der Waals surface area contributed by atoms with Gasteiger partial charge in [0.2, 0.25) is 5.91 Å². The van der Waals surface area contributed by atoms with Crippen LogP contribution in [0.1, 0.15) is 32.3 Å². The van der Waals surface area contributed by atoms with Crippen molar-refractivity contribution in [3.8, 4) is 5.69 Å². The Labute approximate surface area is 181 Å². The molecule has 0 aliphatic carbocycles. The maximum absolute atomic E-state index is 12.8. The predicted octanol–water partition coefficient (Wildman–Crippen LogP) is 3.93. The highest BCUT2D eigenvalue weighted by Crippen LogP contribution is 2.24. The number of hydrogen-bond acceptors (Lipinski definition) is 4. The molecule has 1 fully saturated rings. The Balaban J connectivity index is 1.73. The fourth-order valence-electron chi connectivity index (χ4n) is 3.31. The van der Waals surface area contributed by atoms with Crippen molar-refractivity contribution in [3.05, 3.63) is 50.4 Å². The van der Waals surface area contributed by atoms with E-state index in [2.05, 4.69) is 18.9 Å². The SMILES string of the molecule is Cc1ccc(-n2ncc(N3CCN(C(=O)CCC(C)C)CC3)c(Cl)c2=O)cc1Cl. The van der Waals surface area contributed by atoms with Crippen molar-refractivity contribution in [3.63, 3.8) is 0 Å². The number of rotatable bonds is 5. The molecule has 1 aliphatic heterocycles. The summed E-state index contributed by atoms with van der Waals surface area (Å²) in [5.41, 5.74) is 1.70. The molecule has 29 heavy (non-hydrogen) atoms. The zero-order valence-corrected chi connectivity index (χ0v) is 18.5. The number of halogens is 2. The van der Waals surface area contributed by atoms with Gasteiger partial charge in [-0.3, -0.25) is 9.59 Å². The molecule has 0 saturated carbocycles. The first-order chi connectivity index (χ1) is 13.8. The van der Waals surface area contributed by atoms with Gasteiger partial charge in [-0.2, -0.15) is 9.78 Å². The molecule has 1 amide bonds. The van der Waals surface area contributed by atoms with E-state index in [0.717, 1.165) is 12.0 Å². The van der Waals surface area contributed by atoms with Gasteiger partial charge in [-0.25, -0.2) is 0 Å². The minimum absolute atomic E-state index is 0.122. The number of aromatic nitrogens is 2. The fourth-order valence-corrected chi connectivity index (χ4v) is 3.73. The summed E-state index contributed by atoms with van der Waals surface area (Å²) in [7, 11) is 0. The van der Waals surface area contributed by atoms with Gasteiger partial charge in [0, 0.05) is 37.6 Å². The van der Waals surface area contributed by atoms with E-state index in [1.54, 1.807) is 18.3 Å². The standard InChI is InChI=1S/C21H26Cl2N4O2/c1-14(2)4-7-19(28)26-10-8-25(9-11-26)18-13-24-27(21(29)20(18)23)16-6-5-15(3)17(22)12-16/h5-6,12-14H,4,7-11H2,1-3H3. The van der Waals surface area contributed by atoms with Crippen molar-refractivity contribution in [2.45, 2.75) is 33.6 Å². The smallest absolute Gasteiger partial charge is 0.292 e. The van der Waals surface area contributed by atoms with Crippen LogP contribution >= 0.6 is 23.2 Å². The largest absolute Gasteiger partial charge is 0.365 e. The molecule has 0 N–H and O–H groups in total. The molecule has 1 aromatic carbocycles. The van der Waals surface area contributed by atoms with Crippen LogP contribution in [0, 0.1) is 12.8 Å². The third-order valence-corrected chi connectivity index (χ3v) is 5.97. The Kier molecular flexibility index (Phi) is 6.85. The lowest BCUT2D eigenvalue weighted by molar-refractivity contribution is -0.131. The molecule has 6 nitrogen and oxygen atoms in total. The number of benzene rings is 1. The second kappa shape index (κ2) is 9.18. The number of amides is 1. The van der Waals surface area contributed by atoms with E-state index >= 15 is 0 Å². The molecule has 0 bridgehead atoms. The van der Waals surface area contributed by atoms with Gasteiger partial charge in [-0.15, -0.1) is 0 Å². The summed E-state index contributed by atoms with van der Waals surface area (Å²) in [6, 6.07) is 5.32. The van der Waals surface area contributed by atoms with Crippen molar-refractivity contribution in [1.82, 2.24) is 14.7 Å². The van der Waals surface area contributed by atoms with E-state index in [1.165, 1.54) is 4.68 Å². The van der Waals surface area contributed by atoms with E-state index in [-0.39, 0.29) is 16.5 Å². The average Bonchev–Trinajstić information content (AvgIpc) is 2.70. The number of carbonyl (C=O) groups excluding carboxylic acids is 1. The van der Waals surface area contributed by atoms with Gasteiger partial charge >= 0.3 is 0 Å². The monoisotopic (exact) mass is 436 g/mol. The minimum Gasteiger partial charge on any atom is -0.365 e. The molecular formula is C21H26Cl2N4O2. The van der Waals surface area contributed by atoms with Crippen LogP contribution in [0.5, 0.6) is 0 Å². The molecule has 8 heteroatoms. The molecule has 0 atom stereocenters. The van der Waals surface area contributed by atoms with Crippen LogP contribution < -0.4 is 10.5 Å². The number of aryl methyl sites for hydroxylation is 1. The Hall–Kier alpha value is -2.05. The molecule has 1 aliphatic rings. The molecule has 0 unspecified atom stereocenters. The van der Waals surface area contributed by atoms with Gasteiger partial charge in [0.1, 0.15) is 5.02 Å². The molecule has 3 rings (SSSR count). The Morgan fingerprint density at radius 3 is 2.48 bits per heavy atom. The van der Waals surface area contributed by atoms with Crippen molar-refractivity contribution in [2.24, 2.45) is 5.92 Å². The quantitative estimate of drug-likeness (QED) is 0.711. The molecule has 0 radical (unpaired) electrons. The Morgan fingerprint density at radius 2 is 1.86 bits per heavy atom. The first-order valence-corrected chi connectivity index (χ1v) is 10.6. The second-order valence-corrected chi connectivity index (χ2v) is 8.58. The van der Waals surface area contributed by atoms with E-state index in [0.29, 0.717) is 54.9 Å². The van der Waals surface area contributed by atoms with Crippen molar-refractivity contribution in [2.75, 3.05) is 31.1 Å². The fraction of sp³-hybridized carbons (Fsp3) is 0.476. The summed E-state index contributed by atoms with van der Waals surface area (Å²) in [6.07, 6.45) is 3.08. The zero-order chi connectivity index (χ0) is 21.1. The first-order valence-electron chi connectivity index (χ1n) is 9.85. The lowest BCUT2D eigenvalue weighted by Gasteiger charge is -2.36. The Bertz CT molecular complexity index is 950. The number of hydrogen-bond donors (Lipinski definition) is 0. The first kappa shape index (κ1) is 21.7. The third-order valence-electron chi connectivity index (χ3n) is 5.21. The van der Waals surface area contributed by atoms with E-state index in [9.17, 15) is 9.59 Å². The van der Waals surface area contributed by atoms with Gasteiger partial charge in [0.25, 0.3) is 5.56 Å². The van der Waals surface area contributed by atoms with Crippen LogP contribution in [0.25, 0.3) is 5.69 Å². The number of anilines is 1. The van der Waals surface area contributed by atoms with Gasteiger partial charge in [-0.1, -0.05) is 43.1 Å². The summed E-state index contributed by atoms with van der Waals surface area (Å²) < 4.78 is 1.25. The molecule has 1 saturated heterocycles. The lowest BCUT2D eigenvalue weighted by Crippen LogP contribution is -2.49. The van der Waals surface area contributed by atoms with Crippen LogP contribution in [-0.4, -0.2) is 46.8 Å². The van der Waals surface area contributed by atoms with Crippen LogP contribution in [-0.2, 0) is 4.79 Å². The van der Waals surface area contributed by atoms with E-state index in [1.807, 2.05) is 22.8 Å². The van der Waals surface area contributed by atoms with Crippen LogP contribution in [0.4, 0.5) is 5.69 Å². The summed E-state index contributed by atoms with van der Waals surface area (Å²) in [4.78, 5) is 29.0. The van der Waals surface area contributed by atoms with E-state index in [4.69, 9.17) is 23.2 Å². The lowest BCUT2D eigenvalue weighted by atomic mass is 10.1. The highest BCUT2D eigenvalue weighted by Gasteiger charge is 2.24. The molecule has 2 aromatic rings. The summed E-state index contributed by atoms with van der Waals surface area (Å²) in [6.45, 7) is 8.60.